The predicted molar refractivity (Wildman–Crippen MR) is 100 cm³/mol. The highest BCUT2D eigenvalue weighted by atomic mass is 16.2. The molecule has 2 aromatic carbocycles. The fourth-order valence-electron chi connectivity index (χ4n) is 2.46. The summed E-state index contributed by atoms with van der Waals surface area (Å²) in [5.41, 5.74) is 4.10. The summed E-state index contributed by atoms with van der Waals surface area (Å²) in [6.45, 7) is 4.77. The van der Waals surface area contributed by atoms with Crippen LogP contribution >= 0.6 is 0 Å². The monoisotopic (exact) mass is 339 g/mol. The van der Waals surface area contributed by atoms with Crippen LogP contribution in [0.2, 0.25) is 0 Å². The third-order valence-electron chi connectivity index (χ3n) is 3.97. The number of benzene rings is 2. The summed E-state index contributed by atoms with van der Waals surface area (Å²) in [4.78, 5) is 25.1. The Hall–Kier alpha value is -2.82. The first-order valence-corrected chi connectivity index (χ1v) is 8.31. The number of aryl methyl sites for hydroxylation is 1. The molecule has 132 valence electrons. The molecule has 0 bridgehead atoms. The van der Waals surface area contributed by atoms with E-state index in [0.29, 0.717) is 13.1 Å². The van der Waals surface area contributed by atoms with E-state index < -0.39 is 0 Å². The first kappa shape index (κ1) is 18.5. The van der Waals surface area contributed by atoms with Gasteiger partial charge in [0.05, 0.1) is 6.54 Å². The second-order valence-electron chi connectivity index (χ2n) is 6.15. The lowest BCUT2D eigenvalue weighted by Crippen LogP contribution is -2.30. The number of hydrogen-bond acceptors (Lipinski definition) is 3. The van der Waals surface area contributed by atoms with Gasteiger partial charge in [-0.3, -0.25) is 9.59 Å². The second kappa shape index (κ2) is 8.87. The van der Waals surface area contributed by atoms with Gasteiger partial charge in [0.25, 0.3) is 0 Å². The molecule has 0 aromatic heterocycles. The molecule has 0 fully saturated rings. The Labute approximate surface area is 149 Å². The molecule has 0 heterocycles. The highest BCUT2D eigenvalue weighted by Gasteiger charge is 2.08. The average molecular weight is 339 g/mol. The summed E-state index contributed by atoms with van der Waals surface area (Å²) in [6, 6.07) is 15.8. The maximum Gasteiger partial charge on any atom is 0.239 e. The molecule has 5 nitrogen and oxygen atoms in total. The van der Waals surface area contributed by atoms with Gasteiger partial charge in [-0.2, -0.15) is 0 Å². The highest BCUT2D eigenvalue weighted by Crippen LogP contribution is 2.16. The van der Waals surface area contributed by atoms with Crippen LogP contribution < -0.4 is 10.6 Å². The van der Waals surface area contributed by atoms with E-state index in [9.17, 15) is 9.59 Å². The molecule has 0 saturated carbocycles. The number of rotatable bonds is 7. The van der Waals surface area contributed by atoms with Gasteiger partial charge < -0.3 is 15.5 Å². The minimum Gasteiger partial charge on any atom is -0.376 e. The van der Waals surface area contributed by atoms with E-state index in [1.165, 1.54) is 12.5 Å². The zero-order chi connectivity index (χ0) is 18.2. The number of para-hydroxylation sites is 1. The summed E-state index contributed by atoms with van der Waals surface area (Å²) in [5.74, 6) is -0.0677. The number of nitrogens with one attached hydrogen (secondary N) is 2. The van der Waals surface area contributed by atoms with E-state index in [-0.39, 0.29) is 18.4 Å². The van der Waals surface area contributed by atoms with Crippen molar-refractivity contribution in [2.24, 2.45) is 0 Å². The normalized spacial score (nSPS) is 10.2. The van der Waals surface area contributed by atoms with Crippen molar-refractivity contribution < 1.29 is 9.59 Å². The highest BCUT2D eigenvalue weighted by molar-refractivity contribution is 5.81. The van der Waals surface area contributed by atoms with Gasteiger partial charge in [-0.1, -0.05) is 48.0 Å². The number of amides is 2. The smallest absolute Gasteiger partial charge is 0.239 e. The van der Waals surface area contributed by atoms with E-state index in [1.807, 2.05) is 49.4 Å². The van der Waals surface area contributed by atoms with Crippen LogP contribution in [0.15, 0.2) is 48.5 Å². The van der Waals surface area contributed by atoms with Crippen LogP contribution in [0, 0.1) is 6.92 Å². The standard InChI is InChI=1S/C20H25N3O2/c1-15-7-6-8-17(11-15)12-22-20(25)13-21-19-10-5-4-9-18(19)14-23(3)16(2)24/h4-11,21H,12-14H2,1-3H3,(H,22,25). The number of carbonyl (C=O) groups is 2. The van der Waals surface area contributed by atoms with Crippen molar-refractivity contribution in [2.45, 2.75) is 26.9 Å². The number of anilines is 1. The zero-order valence-corrected chi connectivity index (χ0v) is 15.0. The third kappa shape index (κ3) is 5.95. The topological polar surface area (TPSA) is 61.4 Å². The third-order valence-corrected chi connectivity index (χ3v) is 3.97. The molecule has 5 heteroatoms. The first-order chi connectivity index (χ1) is 12.0. The van der Waals surface area contributed by atoms with E-state index >= 15 is 0 Å². The van der Waals surface area contributed by atoms with Crippen molar-refractivity contribution in [3.05, 3.63) is 65.2 Å². The summed E-state index contributed by atoms with van der Waals surface area (Å²) in [7, 11) is 1.76. The summed E-state index contributed by atoms with van der Waals surface area (Å²) in [6.07, 6.45) is 0. The number of hydrogen-bond donors (Lipinski definition) is 2. The van der Waals surface area contributed by atoms with Crippen LogP contribution in [-0.4, -0.2) is 30.3 Å². The van der Waals surface area contributed by atoms with Crippen LogP contribution in [0.1, 0.15) is 23.6 Å². The van der Waals surface area contributed by atoms with Crippen molar-refractivity contribution >= 4 is 17.5 Å². The summed E-state index contributed by atoms with van der Waals surface area (Å²) < 4.78 is 0. The first-order valence-electron chi connectivity index (χ1n) is 8.31. The largest absolute Gasteiger partial charge is 0.376 e. The van der Waals surface area contributed by atoms with Crippen molar-refractivity contribution in [3.63, 3.8) is 0 Å². The Morgan fingerprint density at radius 3 is 2.56 bits per heavy atom. The quantitative estimate of drug-likeness (QED) is 0.815. The van der Waals surface area contributed by atoms with Crippen molar-refractivity contribution in [3.8, 4) is 0 Å². The summed E-state index contributed by atoms with van der Waals surface area (Å²) >= 11 is 0. The molecule has 0 saturated heterocycles. The molecule has 2 amide bonds. The van der Waals surface area contributed by atoms with Crippen LogP contribution in [-0.2, 0) is 22.7 Å². The van der Waals surface area contributed by atoms with Gasteiger partial charge in [0, 0.05) is 32.7 Å². The lowest BCUT2D eigenvalue weighted by atomic mass is 10.1. The van der Waals surface area contributed by atoms with Gasteiger partial charge in [-0.15, -0.1) is 0 Å². The minimum atomic E-state index is -0.0729. The Morgan fingerprint density at radius 1 is 1.08 bits per heavy atom. The zero-order valence-electron chi connectivity index (χ0n) is 15.0. The Kier molecular flexibility index (Phi) is 6.57. The molecule has 2 rings (SSSR count). The van der Waals surface area contributed by atoms with Crippen LogP contribution in [0.25, 0.3) is 0 Å². The van der Waals surface area contributed by atoms with Crippen LogP contribution in [0.5, 0.6) is 0 Å². The summed E-state index contributed by atoms with van der Waals surface area (Å²) in [5, 5.41) is 6.06. The molecular weight excluding hydrogens is 314 g/mol. The maximum atomic E-state index is 12.1. The molecule has 0 unspecified atom stereocenters. The molecular formula is C20H25N3O2. The second-order valence-corrected chi connectivity index (χ2v) is 6.15. The molecule has 25 heavy (non-hydrogen) atoms. The van der Waals surface area contributed by atoms with Gasteiger partial charge in [0.2, 0.25) is 11.8 Å². The van der Waals surface area contributed by atoms with Crippen LogP contribution in [0.3, 0.4) is 0 Å². The molecule has 0 aliphatic heterocycles. The van der Waals surface area contributed by atoms with Gasteiger partial charge in [-0.25, -0.2) is 0 Å². The van der Waals surface area contributed by atoms with E-state index in [1.54, 1.807) is 11.9 Å². The van der Waals surface area contributed by atoms with Crippen molar-refractivity contribution in [1.29, 1.82) is 0 Å². The molecule has 0 atom stereocenters. The average Bonchev–Trinajstić information content (AvgIpc) is 2.59. The molecule has 2 aromatic rings. The van der Waals surface area contributed by atoms with Gasteiger partial charge in [-0.05, 0) is 24.1 Å². The van der Waals surface area contributed by atoms with E-state index in [0.717, 1.165) is 16.8 Å². The maximum absolute atomic E-state index is 12.1. The minimum absolute atomic E-state index is 0.00528. The number of nitrogens with zero attached hydrogens (tertiary/aromatic N) is 1. The van der Waals surface area contributed by atoms with Crippen molar-refractivity contribution in [2.75, 3.05) is 18.9 Å². The fourth-order valence-corrected chi connectivity index (χ4v) is 2.46. The Balaban J connectivity index is 1.88. The van der Waals surface area contributed by atoms with Crippen molar-refractivity contribution in [1.82, 2.24) is 10.2 Å². The van der Waals surface area contributed by atoms with E-state index in [4.69, 9.17) is 0 Å². The van der Waals surface area contributed by atoms with E-state index in [2.05, 4.69) is 16.7 Å². The molecule has 0 spiro atoms. The molecule has 2 N–H and O–H groups in total. The molecule has 0 aliphatic carbocycles. The van der Waals surface area contributed by atoms with Gasteiger partial charge in [0.1, 0.15) is 0 Å². The predicted octanol–water partition coefficient (Wildman–Crippen LogP) is 2.70. The fraction of sp³-hybridized carbons (Fsp3) is 0.300. The Bertz CT molecular complexity index is 743. The molecule has 0 aliphatic rings. The lowest BCUT2D eigenvalue weighted by molar-refractivity contribution is -0.128. The Morgan fingerprint density at radius 2 is 1.84 bits per heavy atom. The van der Waals surface area contributed by atoms with Gasteiger partial charge >= 0.3 is 0 Å². The van der Waals surface area contributed by atoms with Crippen LogP contribution in [0.4, 0.5) is 5.69 Å². The number of carbonyl (C=O) groups excluding carboxylic acids is 2. The SMILES string of the molecule is CC(=O)N(C)Cc1ccccc1NCC(=O)NCc1cccc(C)c1. The van der Waals surface area contributed by atoms with Gasteiger partial charge in [0.15, 0.2) is 0 Å². The molecule has 0 radical (unpaired) electrons. The lowest BCUT2D eigenvalue weighted by Gasteiger charge is -2.18.